The number of halogens is 3. The fourth-order valence-electron chi connectivity index (χ4n) is 2.61. The highest BCUT2D eigenvalue weighted by molar-refractivity contribution is 8.00. The molecule has 1 amide bonds. The lowest BCUT2D eigenvalue weighted by Gasteiger charge is -2.35. The van der Waals surface area contributed by atoms with Gasteiger partial charge >= 0.3 is 11.5 Å². The normalized spacial score (nSPS) is 22.0. The fraction of sp³-hybridized carbons (Fsp3) is 0.500. The van der Waals surface area contributed by atoms with Crippen molar-refractivity contribution in [2.45, 2.75) is 23.9 Å². The molecule has 1 aromatic heterocycles. The van der Waals surface area contributed by atoms with Gasteiger partial charge in [0.2, 0.25) is 0 Å². The molecule has 0 saturated carbocycles. The monoisotopic (exact) mass is 348 g/mol. The number of nitrogens with zero attached hydrogens (tertiary/aromatic N) is 2. The molecule has 1 fully saturated rings. The number of alkyl halides is 3. The third-order valence-corrected chi connectivity index (χ3v) is 4.47. The predicted molar refractivity (Wildman–Crippen MR) is 77.0 cm³/mol. The Kier molecular flexibility index (Phi) is 5.18. The summed E-state index contributed by atoms with van der Waals surface area (Å²) >= 11 is -0.427. The highest BCUT2D eigenvalue weighted by Crippen LogP contribution is 2.37. The number of piperidine rings is 1. The number of likely N-dealkylation sites (tertiary alicyclic amines) is 1. The molecular formula is C14H15F3N2O3S. The minimum Gasteiger partial charge on any atom is -0.481 e. The maximum Gasteiger partial charge on any atom is 0.447 e. The lowest BCUT2D eigenvalue weighted by atomic mass is 9.87. The van der Waals surface area contributed by atoms with E-state index in [0.717, 1.165) is 0 Å². The molecule has 0 spiro atoms. The van der Waals surface area contributed by atoms with Gasteiger partial charge in [-0.2, -0.15) is 13.2 Å². The van der Waals surface area contributed by atoms with Crippen LogP contribution in [0.15, 0.2) is 23.4 Å². The molecule has 23 heavy (non-hydrogen) atoms. The van der Waals surface area contributed by atoms with Crippen molar-refractivity contribution in [2.75, 3.05) is 13.1 Å². The molecule has 1 aliphatic heterocycles. The van der Waals surface area contributed by atoms with E-state index in [9.17, 15) is 22.8 Å². The number of rotatable bonds is 3. The minimum absolute atomic E-state index is 0.115. The molecule has 5 nitrogen and oxygen atoms in total. The number of aliphatic carboxylic acids is 1. The smallest absolute Gasteiger partial charge is 0.447 e. The Morgan fingerprint density at radius 3 is 2.70 bits per heavy atom. The summed E-state index contributed by atoms with van der Waals surface area (Å²) in [6.45, 7) is 2.11. The third kappa shape index (κ3) is 4.37. The largest absolute Gasteiger partial charge is 0.481 e. The first-order chi connectivity index (χ1) is 10.7. The van der Waals surface area contributed by atoms with Crippen LogP contribution in [0.1, 0.15) is 23.7 Å². The van der Waals surface area contributed by atoms with Crippen molar-refractivity contribution in [3.63, 3.8) is 0 Å². The zero-order chi connectivity index (χ0) is 17.2. The fourth-order valence-corrected chi connectivity index (χ4v) is 3.21. The number of aromatic nitrogens is 1. The number of hydrogen-bond acceptors (Lipinski definition) is 4. The number of carbonyl (C=O) groups excluding carboxylic acids is 1. The minimum atomic E-state index is -4.53. The zero-order valence-electron chi connectivity index (χ0n) is 12.2. The van der Waals surface area contributed by atoms with Gasteiger partial charge in [-0.15, -0.1) is 0 Å². The standard InChI is InChI=1S/C14H15F3N2O3S/c1-8-7-19(6-4-9(8)13(21)22)12(20)10-3-2-5-18-11(10)23-14(15,16)17/h2-3,5,8-9H,4,6-7H2,1H3,(H,21,22). The maximum absolute atomic E-state index is 12.6. The van der Waals surface area contributed by atoms with Crippen LogP contribution >= 0.6 is 11.8 Å². The Balaban J connectivity index is 2.17. The molecule has 1 N–H and O–H groups in total. The topological polar surface area (TPSA) is 70.5 Å². The second kappa shape index (κ2) is 6.77. The quantitative estimate of drug-likeness (QED) is 0.851. The van der Waals surface area contributed by atoms with E-state index in [-0.39, 0.29) is 31.0 Å². The molecule has 2 atom stereocenters. The number of carbonyl (C=O) groups is 2. The molecule has 1 aromatic rings. The molecule has 2 heterocycles. The Morgan fingerprint density at radius 2 is 2.13 bits per heavy atom. The lowest BCUT2D eigenvalue weighted by Crippen LogP contribution is -2.45. The number of carboxylic acid groups (broad SMARTS) is 1. The van der Waals surface area contributed by atoms with Gasteiger partial charge in [0.05, 0.1) is 11.5 Å². The van der Waals surface area contributed by atoms with E-state index in [1.807, 2.05) is 0 Å². The van der Waals surface area contributed by atoms with Crippen LogP contribution in [-0.2, 0) is 4.79 Å². The highest BCUT2D eigenvalue weighted by Gasteiger charge is 2.36. The molecule has 2 rings (SSSR count). The van der Waals surface area contributed by atoms with Crippen LogP contribution in [0.5, 0.6) is 0 Å². The number of pyridine rings is 1. The second-order valence-corrected chi connectivity index (χ2v) is 6.42. The van der Waals surface area contributed by atoms with Crippen LogP contribution in [0.2, 0.25) is 0 Å². The number of thioether (sulfide) groups is 1. The average molecular weight is 348 g/mol. The van der Waals surface area contributed by atoms with Gasteiger partial charge in [-0.05, 0) is 24.5 Å². The van der Waals surface area contributed by atoms with E-state index in [1.54, 1.807) is 6.92 Å². The van der Waals surface area contributed by atoms with Gasteiger partial charge in [0.15, 0.2) is 0 Å². The Labute approximate surface area is 134 Å². The van der Waals surface area contributed by atoms with Crippen LogP contribution in [0.4, 0.5) is 13.2 Å². The summed E-state index contributed by atoms with van der Waals surface area (Å²) in [5.41, 5.74) is -4.65. The van der Waals surface area contributed by atoms with Crippen LogP contribution in [0.25, 0.3) is 0 Å². The summed E-state index contributed by atoms with van der Waals surface area (Å²) in [5, 5.41) is 8.69. The molecule has 2 unspecified atom stereocenters. The van der Waals surface area contributed by atoms with Gasteiger partial charge in [0, 0.05) is 31.0 Å². The summed E-state index contributed by atoms with van der Waals surface area (Å²) in [6, 6.07) is 2.71. The average Bonchev–Trinajstić information content (AvgIpc) is 2.45. The second-order valence-electron chi connectivity index (χ2n) is 5.37. The molecular weight excluding hydrogens is 333 g/mol. The molecule has 1 aliphatic rings. The van der Waals surface area contributed by atoms with Gasteiger partial charge < -0.3 is 10.0 Å². The molecule has 9 heteroatoms. The van der Waals surface area contributed by atoms with Gasteiger partial charge in [-0.25, -0.2) is 4.98 Å². The van der Waals surface area contributed by atoms with Gasteiger partial charge in [0.1, 0.15) is 5.03 Å². The molecule has 126 valence electrons. The molecule has 0 aliphatic carbocycles. The Bertz CT molecular complexity index is 609. The van der Waals surface area contributed by atoms with E-state index >= 15 is 0 Å². The van der Waals surface area contributed by atoms with Crippen molar-refractivity contribution < 1.29 is 27.9 Å². The van der Waals surface area contributed by atoms with Crippen LogP contribution in [-0.4, -0.2) is 45.5 Å². The van der Waals surface area contributed by atoms with E-state index in [0.29, 0.717) is 0 Å². The lowest BCUT2D eigenvalue weighted by molar-refractivity contribution is -0.145. The van der Waals surface area contributed by atoms with Crippen molar-refractivity contribution in [2.24, 2.45) is 11.8 Å². The van der Waals surface area contributed by atoms with Crippen molar-refractivity contribution in [1.29, 1.82) is 0 Å². The van der Waals surface area contributed by atoms with E-state index in [4.69, 9.17) is 5.11 Å². The van der Waals surface area contributed by atoms with Crippen LogP contribution in [0, 0.1) is 11.8 Å². The van der Waals surface area contributed by atoms with E-state index < -0.39 is 40.1 Å². The molecule has 0 aromatic carbocycles. The van der Waals surface area contributed by atoms with Crippen molar-refractivity contribution in [1.82, 2.24) is 9.88 Å². The molecule has 0 radical (unpaired) electrons. The van der Waals surface area contributed by atoms with E-state index in [2.05, 4.69) is 4.98 Å². The summed E-state index contributed by atoms with van der Waals surface area (Å²) in [7, 11) is 0. The molecule has 1 saturated heterocycles. The summed E-state index contributed by atoms with van der Waals surface area (Å²) in [4.78, 5) is 28.6. The number of hydrogen-bond donors (Lipinski definition) is 1. The number of carboxylic acids is 1. The Hall–Kier alpha value is -1.77. The van der Waals surface area contributed by atoms with E-state index in [1.165, 1.54) is 23.2 Å². The number of amides is 1. The van der Waals surface area contributed by atoms with Crippen LogP contribution < -0.4 is 0 Å². The molecule has 0 bridgehead atoms. The first kappa shape index (κ1) is 17.6. The SMILES string of the molecule is CC1CN(C(=O)c2cccnc2SC(F)(F)F)CCC1C(=O)O. The summed E-state index contributed by atoms with van der Waals surface area (Å²) < 4.78 is 37.7. The van der Waals surface area contributed by atoms with Gasteiger partial charge in [-0.1, -0.05) is 6.92 Å². The first-order valence-corrected chi connectivity index (χ1v) is 7.73. The predicted octanol–water partition coefficient (Wildman–Crippen LogP) is 2.88. The first-order valence-electron chi connectivity index (χ1n) is 6.92. The van der Waals surface area contributed by atoms with Crippen LogP contribution in [0.3, 0.4) is 0 Å². The third-order valence-electron chi connectivity index (χ3n) is 3.72. The Morgan fingerprint density at radius 1 is 1.43 bits per heavy atom. The van der Waals surface area contributed by atoms with Gasteiger partial charge in [-0.3, -0.25) is 9.59 Å². The summed E-state index contributed by atoms with van der Waals surface area (Å²) in [5.74, 6) is -2.28. The summed E-state index contributed by atoms with van der Waals surface area (Å²) in [6.07, 6.45) is 1.48. The van der Waals surface area contributed by atoms with Gasteiger partial charge in [0.25, 0.3) is 5.91 Å². The van der Waals surface area contributed by atoms with Crippen molar-refractivity contribution in [3.8, 4) is 0 Å². The highest BCUT2D eigenvalue weighted by atomic mass is 32.2. The van der Waals surface area contributed by atoms with Crippen molar-refractivity contribution in [3.05, 3.63) is 23.9 Å². The maximum atomic E-state index is 12.6. The zero-order valence-corrected chi connectivity index (χ0v) is 13.0. The van der Waals surface area contributed by atoms with Crippen molar-refractivity contribution >= 4 is 23.6 Å².